The van der Waals surface area contributed by atoms with Gasteiger partial charge >= 0.3 is 6.18 Å². The number of rotatable bonds is 7. The topological polar surface area (TPSA) is 154 Å². The first-order chi connectivity index (χ1) is 18.2. The molecule has 5 rings (SSSR count). The molecule has 1 N–H and O–H groups in total. The van der Waals surface area contributed by atoms with Crippen LogP contribution in [-0.4, -0.2) is 77.7 Å². The van der Waals surface area contributed by atoms with Crippen LogP contribution < -0.4 is 9.62 Å². The van der Waals surface area contributed by atoms with Gasteiger partial charge in [0, 0.05) is 32.4 Å². The molecule has 2 fully saturated rings. The molecule has 1 aliphatic carbocycles. The number of piperazine rings is 1. The van der Waals surface area contributed by atoms with Gasteiger partial charge in [-0.15, -0.1) is 10.2 Å². The SMILES string of the molecule is CC(C)S(=O)(=O)N1CCN(c2cc(S(=O)(=O)NC3(C#N)CC3)cn3c(-c4nnc(C(F)(F)F)s4)ncc23)CC1. The second-order valence-corrected chi connectivity index (χ2v) is 14.7. The van der Waals surface area contributed by atoms with Crippen LogP contribution in [-0.2, 0) is 26.2 Å². The number of pyridine rings is 1. The molecule has 12 nitrogen and oxygen atoms in total. The molecule has 3 aromatic rings. The van der Waals surface area contributed by atoms with Gasteiger partial charge in [-0.1, -0.05) is 11.3 Å². The summed E-state index contributed by atoms with van der Waals surface area (Å²) >= 11 is 0.271. The van der Waals surface area contributed by atoms with Crippen LogP contribution >= 0.6 is 11.3 Å². The number of halogens is 3. The summed E-state index contributed by atoms with van der Waals surface area (Å²) < 4.78 is 96.5. The Kier molecular flexibility index (Phi) is 6.66. The summed E-state index contributed by atoms with van der Waals surface area (Å²) in [6, 6.07) is 3.36. The fourth-order valence-electron chi connectivity index (χ4n) is 4.20. The van der Waals surface area contributed by atoms with E-state index in [-0.39, 0.29) is 53.2 Å². The van der Waals surface area contributed by atoms with E-state index in [0.717, 1.165) is 0 Å². The number of hydrogen-bond acceptors (Lipinski definition) is 10. The number of aromatic nitrogens is 4. The third-order valence-electron chi connectivity index (χ3n) is 6.59. The van der Waals surface area contributed by atoms with Gasteiger partial charge in [0.05, 0.1) is 28.7 Å². The average molecular weight is 605 g/mol. The standard InChI is InChI=1S/C21H23F3N8O4S3/c1-13(2)39(35,36)31-7-5-30(6-8-31)15-9-14(38(33,34)29-20(12-25)3-4-20)11-32-16(15)10-26-17(32)18-27-28-19(37-18)21(22,23)24/h9-11,13,29H,3-8H2,1-2H3. The van der Waals surface area contributed by atoms with Gasteiger partial charge in [0.15, 0.2) is 10.8 Å². The lowest BCUT2D eigenvalue weighted by Gasteiger charge is -2.36. The van der Waals surface area contributed by atoms with Crippen LogP contribution in [0.2, 0.25) is 0 Å². The third kappa shape index (κ3) is 5.09. The molecule has 3 aromatic heterocycles. The Bertz CT molecular complexity index is 1680. The van der Waals surface area contributed by atoms with Crippen molar-refractivity contribution in [3.05, 3.63) is 23.5 Å². The molecule has 0 atom stereocenters. The highest BCUT2D eigenvalue weighted by Gasteiger charge is 2.47. The van der Waals surface area contributed by atoms with Gasteiger partial charge < -0.3 is 4.90 Å². The fraction of sp³-hybridized carbons (Fsp3) is 0.524. The molecule has 1 saturated carbocycles. The normalized spacial score (nSPS) is 18.5. The van der Waals surface area contributed by atoms with Crippen LogP contribution in [0, 0.1) is 11.3 Å². The quantitative estimate of drug-likeness (QED) is 0.427. The van der Waals surface area contributed by atoms with Crippen LogP contribution in [0.1, 0.15) is 31.7 Å². The van der Waals surface area contributed by atoms with E-state index in [9.17, 15) is 35.3 Å². The van der Waals surface area contributed by atoms with Crippen LogP contribution in [0.5, 0.6) is 0 Å². The molecule has 39 heavy (non-hydrogen) atoms. The third-order valence-corrected chi connectivity index (χ3v) is 11.3. The van der Waals surface area contributed by atoms with E-state index in [0.29, 0.717) is 24.0 Å². The first-order valence-corrected chi connectivity index (χ1v) is 15.6. The van der Waals surface area contributed by atoms with Gasteiger partial charge in [0.1, 0.15) is 10.4 Å². The average Bonchev–Trinajstić information content (AvgIpc) is 3.26. The molecule has 2 aliphatic rings. The number of fused-ring (bicyclic) bond motifs is 1. The van der Waals surface area contributed by atoms with Crippen molar-refractivity contribution in [2.45, 2.75) is 48.5 Å². The van der Waals surface area contributed by atoms with Crippen molar-refractivity contribution < 1.29 is 30.0 Å². The molecule has 4 heterocycles. The number of sulfonamides is 2. The van der Waals surface area contributed by atoms with E-state index in [1.807, 2.05) is 6.07 Å². The van der Waals surface area contributed by atoms with E-state index < -0.39 is 42.0 Å². The van der Waals surface area contributed by atoms with Gasteiger partial charge in [0.2, 0.25) is 25.1 Å². The van der Waals surface area contributed by atoms with Crippen LogP contribution in [0.25, 0.3) is 16.3 Å². The molecule has 0 radical (unpaired) electrons. The minimum absolute atomic E-state index is 0.0428. The number of nitrogens with one attached hydrogen (secondary N) is 1. The van der Waals surface area contributed by atoms with E-state index in [4.69, 9.17) is 0 Å². The maximum Gasteiger partial charge on any atom is 0.445 e. The van der Waals surface area contributed by atoms with Crippen molar-refractivity contribution in [2.75, 3.05) is 31.1 Å². The summed E-state index contributed by atoms with van der Waals surface area (Å²) in [6.45, 7) is 3.96. The molecule has 0 aromatic carbocycles. The van der Waals surface area contributed by atoms with E-state index in [2.05, 4.69) is 19.9 Å². The number of alkyl halides is 3. The van der Waals surface area contributed by atoms with Crippen LogP contribution in [0.4, 0.5) is 18.9 Å². The van der Waals surface area contributed by atoms with Crippen LogP contribution in [0.3, 0.4) is 0 Å². The Hall–Kier alpha value is -2.85. The molecule has 0 bridgehead atoms. The number of nitriles is 1. The van der Waals surface area contributed by atoms with E-state index in [1.165, 1.54) is 27.2 Å². The minimum Gasteiger partial charge on any atom is -0.367 e. The molecule has 1 aliphatic heterocycles. The van der Waals surface area contributed by atoms with Gasteiger partial charge in [-0.2, -0.15) is 27.5 Å². The lowest BCUT2D eigenvalue weighted by Crippen LogP contribution is -2.50. The van der Waals surface area contributed by atoms with Gasteiger partial charge in [-0.25, -0.2) is 21.8 Å². The molecular weight excluding hydrogens is 581 g/mol. The van der Waals surface area contributed by atoms with Gasteiger partial charge in [-0.05, 0) is 32.8 Å². The summed E-state index contributed by atoms with van der Waals surface area (Å²) in [7, 11) is -7.72. The van der Waals surface area contributed by atoms with Crippen molar-refractivity contribution in [2.24, 2.45) is 0 Å². The number of hydrogen-bond donors (Lipinski definition) is 1. The summed E-state index contributed by atoms with van der Waals surface area (Å²) in [5.74, 6) is -0.0428. The lowest BCUT2D eigenvalue weighted by molar-refractivity contribution is -0.138. The van der Waals surface area contributed by atoms with Crippen molar-refractivity contribution in [3.8, 4) is 16.9 Å². The zero-order chi connectivity index (χ0) is 28.4. The summed E-state index contributed by atoms with van der Waals surface area (Å²) in [6.07, 6.45) is -1.40. The maximum atomic E-state index is 13.3. The molecule has 1 saturated heterocycles. The second-order valence-electron chi connectivity index (χ2n) is 9.59. The van der Waals surface area contributed by atoms with E-state index >= 15 is 0 Å². The smallest absolute Gasteiger partial charge is 0.367 e. The van der Waals surface area contributed by atoms with Crippen molar-refractivity contribution in [3.63, 3.8) is 0 Å². The Labute approximate surface area is 226 Å². The number of imidazole rings is 1. The van der Waals surface area contributed by atoms with Crippen molar-refractivity contribution in [1.29, 1.82) is 5.26 Å². The molecular formula is C21H23F3N8O4S3. The Morgan fingerprint density at radius 3 is 2.33 bits per heavy atom. The molecule has 0 spiro atoms. The van der Waals surface area contributed by atoms with Crippen LogP contribution in [0.15, 0.2) is 23.4 Å². The highest BCUT2D eigenvalue weighted by Crippen LogP contribution is 2.38. The highest BCUT2D eigenvalue weighted by atomic mass is 32.2. The highest BCUT2D eigenvalue weighted by molar-refractivity contribution is 7.89. The predicted molar refractivity (Wildman–Crippen MR) is 135 cm³/mol. The Morgan fingerprint density at radius 2 is 1.79 bits per heavy atom. The molecule has 0 unspecified atom stereocenters. The largest absolute Gasteiger partial charge is 0.445 e. The van der Waals surface area contributed by atoms with Crippen molar-refractivity contribution >= 4 is 42.6 Å². The first-order valence-electron chi connectivity index (χ1n) is 11.8. The van der Waals surface area contributed by atoms with Gasteiger partial charge in [-0.3, -0.25) is 4.40 Å². The number of nitrogens with zero attached hydrogens (tertiary/aromatic N) is 7. The van der Waals surface area contributed by atoms with E-state index in [1.54, 1.807) is 18.7 Å². The maximum absolute atomic E-state index is 13.3. The first kappa shape index (κ1) is 27.7. The lowest BCUT2D eigenvalue weighted by atomic mass is 10.2. The summed E-state index contributed by atoms with van der Waals surface area (Å²) in [5.41, 5.74) is -0.432. The zero-order valence-electron chi connectivity index (χ0n) is 20.7. The molecule has 0 amide bonds. The van der Waals surface area contributed by atoms with Gasteiger partial charge in [0.25, 0.3) is 0 Å². The second kappa shape index (κ2) is 9.37. The summed E-state index contributed by atoms with van der Waals surface area (Å²) in [5, 5.41) is 14.3. The zero-order valence-corrected chi connectivity index (χ0v) is 23.1. The Balaban J connectivity index is 1.59. The van der Waals surface area contributed by atoms with Crippen molar-refractivity contribution in [1.82, 2.24) is 28.6 Å². The summed E-state index contributed by atoms with van der Waals surface area (Å²) in [4.78, 5) is 5.79. The number of anilines is 1. The monoisotopic (exact) mass is 604 g/mol. The minimum atomic E-state index is -4.71. The Morgan fingerprint density at radius 1 is 1.13 bits per heavy atom. The molecule has 18 heteroatoms. The predicted octanol–water partition coefficient (Wildman–Crippen LogP) is 2.07. The molecule has 210 valence electrons. The fourth-order valence-corrected chi connectivity index (χ4v) is 7.57.